The van der Waals surface area contributed by atoms with Gasteiger partial charge in [-0.15, -0.1) is 5.10 Å². The number of carbonyl (C=O) groups is 2. The molecule has 1 heterocycles. The minimum Gasteiger partial charge on any atom is -0.467 e. The Balaban J connectivity index is 1.82. The molecule has 1 aromatic rings. The van der Waals surface area contributed by atoms with Crippen LogP contribution in [0.3, 0.4) is 0 Å². The van der Waals surface area contributed by atoms with E-state index in [9.17, 15) is 9.59 Å². The van der Waals surface area contributed by atoms with E-state index in [1.165, 1.54) is 18.9 Å². The number of thioether (sulfide) groups is 1. The molecule has 0 bridgehead atoms. The molecule has 1 aliphatic carbocycles. The van der Waals surface area contributed by atoms with Crippen LogP contribution in [0.5, 0.6) is 0 Å². The second-order valence-corrected chi connectivity index (χ2v) is 5.19. The van der Waals surface area contributed by atoms with Gasteiger partial charge in [-0.05, 0) is 23.3 Å². The lowest BCUT2D eigenvalue weighted by atomic mass is 10.3. The quantitative estimate of drug-likeness (QED) is 0.473. The highest BCUT2D eigenvalue weighted by atomic mass is 32.2. The number of nitrogens with zero attached hydrogens (tertiary/aromatic N) is 4. The lowest BCUT2D eigenvalue weighted by Gasteiger charge is -2.13. The van der Waals surface area contributed by atoms with Crippen molar-refractivity contribution in [3.05, 3.63) is 0 Å². The summed E-state index contributed by atoms with van der Waals surface area (Å²) in [4.78, 5) is 22.9. The molecule has 1 amide bonds. The highest BCUT2D eigenvalue weighted by Crippen LogP contribution is 2.36. The summed E-state index contributed by atoms with van der Waals surface area (Å²) in [7, 11) is 1.19. The third kappa shape index (κ3) is 3.67. The van der Waals surface area contributed by atoms with Gasteiger partial charge in [-0.2, -0.15) is 0 Å². The smallest absolute Gasteiger partial charge is 0.330 e. The number of tetrazole rings is 1. The number of hydrogen-bond acceptors (Lipinski definition) is 8. The molecule has 1 aromatic heterocycles. The van der Waals surface area contributed by atoms with Crippen LogP contribution in [-0.4, -0.2) is 62.7 Å². The van der Waals surface area contributed by atoms with Crippen molar-refractivity contribution in [1.82, 2.24) is 25.5 Å². The maximum atomic E-state index is 11.7. The summed E-state index contributed by atoms with van der Waals surface area (Å²) in [6, 6.07) is -0.719. The molecule has 10 heteroatoms. The maximum absolute atomic E-state index is 11.7. The molecular weight excluding hydrogens is 286 g/mol. The Kier molecular flexibility index (Phi) is 4.90. The number of aromatic nitrogens is 4. The van der Waals surface area contributed by atoms with E-state index in [-0.39, 0.29) is 5.75 Å². The molecule has 1 fully saturated rings. The molecule has 20 heavy (non-hydrogen) atoms. The summed E-state index contributed by atoms with van der Waals surface area (Å²) in [5.41, 5.74) is 0. The largest absolute Gasteiger partial charge is 0.467 e. The van der Waals surface area contributed by atoms with Crippen molar-refractivity contribution in [3.8, 4) is 0 Å². The van der Waals surface area contributed by atoms with Gasteiger partial charge in [-0.25, -0.2) is 9.48 Å². The lowest BCUT2D eigenvalue weighted by molar-refractivity contribution is -0.145. The second kappa shape index (κ2) is 6.66. The molecule has 0 spiro atoms. The van der Waals surface area contributed by atoms with E-state index in [0.717, 1.165) is 12.8 Å². The number of amides is 1. The van der Waals surface area contributed by atoms with Gasteiger partial charge >= 0.3 is 5.97 Å². The zero-order chi connectivity index (χ0) is 14.5. The van der Waals surface area contributed by atoms with Crippen LogP contribution in [0.1, 0.15) is 18.9 Å². The Bertz CT molecular complexity index is 490. The van der Waals surface area contributed by atoms with E-state index in [0.29, 0.717) is 11.2 Å². The molecule has 1 aliphatic rings. The van der Waals surface area contributed by atoms with Crippen molar-refractivity contribution < 1.29 is 19.4 Å². The van der Waals surface area contributed by atoms with Gasteiger partial charge in [-0.1, -0.05) is 11.8 Å². The third-order valence-corrected chi connectivity index (χ3v) is 3.62. The number of aliphatic hydroxyl groups is 1. The summed E-state index contributed by atoms with van der Waals surface area (Å²) >= 11 is 1.18. The average Bonchev–Trinajstić information content (AvgIpc) is 3.20. The highest BCUT2D eigenvalue weighted by Gasteiger charge is 2.28. The van der Waals surface area contributed by atoms with Gasteiger partial charge in [-0.3, -0.25) is 4.79 Å². The van der Waals surface area contributed by atoms with Crippen LogP contribution in [-0.2, 0) is 14.3 Å². The maximum Gasteiger partial charge on any atom is 0.330 e. The Labute approximate surface area is 119 Å². The fourth-order valence-electron chi connectivity index (χ4n) is 1.52. The van der Waals surface area contributed by atoms with Crippen molar-refractivity contribution in [3.63, 3.8) is 0 Å². The van der Waals surface area contributed by atoms with E-state index in [4.69, 9.17) is 5.11 Å². The molecule has 0 aliphatic heterocycles. The Morgan fingerprint density at radius 3 is 2.95 bits per heavy atom. The van der Waals surface area contributed by atoms with Gasteiger partial charge in [0.15, 0.2) is 6.04 Å². The van der Waals surface area contributed by atoms with Crippen molar-refractivity contribution in [2.45, 2.75) is 30.1 Å². The van der Waals surface area contributed by atoms with Crippen LogP contribution in [0, 0.1) is 0 Å². The van der Waals surface area contributed by atoms with Crippen molar-refractivity contribution in [1.29, 1.82) is 0 Å². The van der Waals surface area contributed by atoms with Gasteiger partial charge in [0.1, 0.15) is 0 Å². The summed E-state index contributed by atoms with van der Waals surface area (Å²) in [6.45, 7) is -0.511. The van der Waals surface area contributed by atoms with Gasteiger partial charge in [0.25, 0.3) is 0 Å². The lowest BCUT2D eigenvalue weighted by Crippen LogP contribution is -2.44. The number of ether oxygens (including phenoxy) is 1. The van der Waals surface area contributed by atoms with Crippen LogP contribution >= 0.6 is 11.8 Å². The van der Waals surface area contributed by atoms with E-state index >= 15 is 0 Å². The summed E-state index contributed by atoms with van der Waals surface area (Å²) < 4.78 is 6.15. The summed E-state index contributed by atoms with van der Waals surface area (Å²) in [5.74, 6) is -1.03. The first-order valence-corrected chi connectivity index (χ1v) is 7.03. The average molecular weight is 301 g/mol. The number of aliphatic hydroxyl groups excluding tert-OH is 1. The molecule has 1 atom stereocenters. The number of hydrogen-bond donors (Lipinski definition) is 2. The summed E-state index contributed by atoms with van der Waals surface area (Å²) in [5, 5.41) is 23.2. The molecule has 0 saturated heterocycles. The van der Waals surface area contributed by atoms with Crippen LogP contribution in [0.2, 0.25) is 0 Å². The molecular formula is C10H15N5O4S. The Hall–Kier alpha value is -1.68. The molecule has 110 valence electrons. The van der Waals surface area contributed by atoms with Gasteiger partial charge < -0.3 is 15.2 Å². The van der Waals surface area contributed by atoms with E-state index in [2.05, 4.69) is 25.6 Å². The summed E-state index contributed by atoms with van der Waals surface area (Å²) in [6.07, 6.45) is 2.08. The van der Waals surface area contributed by atoms with Crippen LogP contribution in [0.4, 0.5) is 0 Å². The number of carbonyl (C=O) groups excluding carboxylic acids is 2. The fraction of sp³-hybridized carbons (Fsp3) is 0.700. The minimum atomic E-state index is -1.05. The first-order valence-electron chi connectivity index (χ1n) is 6.04. The van der Waals surface area contributed by atoms with Gasteiger partial charge in [0.2, 0.25) is 11.1 Å². The molecule has 1 saturated carbocycles. The molecule has 1 unspecified atom stereocenters. The van der Waals surface area contributed by atoms with Crippen LogP contribution < -0.4 is 5.32 Å². The molecule has 9 nitrogen and oxygen atoms in total. The Morgan fingerprint density at radius 1 is 1.60 bits per heavy atom. The monoisotopic (exact) mass is 301 g/mol. The molecule has 2 rings (SSSR count). The van der Waals surface area contributed by atoms with E-state index in [1.807, 2.05) is 0 Å². The number of rotatable bonds is 7. The number of methoxy groups -OCH3 is 1. The van der Waals surface area contributed by atoms with Crippen molar-refractivity contribution in [2.75, 3.05) is 19.5 Å². The van der Waals surface area contributed by atoms with Crippen molar-refractivity contribution in [2.24, 2.45) is 0 Å². The van der Waals surface area contributed by atoms with Gasteiger partial charge in [0.05, 0.1) is 25.5 Å². The van der Waals surface area contributed by atoms with Crippen LogP contribution in [0.25, 0.3) is 0 Å². The fourth-order valence-corrected chi connectivity index (χ4v) is 2.27. The van der Waals surface area contributed by atoms with Crippen LogP contribution in [0.15, 0.2) is 5.16 Å². The third-order valence-electron chi connectivity index (χ3n) is 2.69. The Morgan fingerprint density at radius 2 is 2.35 bits per heavy atom. The number of nitrogens with one attached hydrogen (secondary N) is 1. The first-order chi connectivity index (χ1) is 9.65. The normalized spacial score (nSPS) is 15.7. The predicted octanol–water partition coefficient (Wildman–Crippen LogP) is -1.25. The second-order valence-electron chi connectivity index (χ2n) is 4.25. The standard InChI is InChI=1S/C10H15N5O4S/c1-19-9(18)7(4-16)11-8(17)5-20-10-12-13-14-15(10)6-2-3-6/h6-7,16H,2-5H2,1H3,(H,11,17). The molecule has 0 aromatic carbocycles. The highest BCUT2D eigenvalue weighted by molar-refractivity contribution is 7.99. The number of esters is 1. The first kappa shape index (κ1) is 14.7. The zero-order valence-electron chi connectivity index (χ0n) is 10.9. The van der Waals surface area contributed by atoms with E-state index in [1.54, 1.807) is 4.68 Å². The molecule has 2 N–H and O–H groups in total. The SMILES string of the molecule is COC(=O)C(CO)NC(=O)CSc1nnnn1C1CC1. The van der Waals surface area contributed by atoms with Gasteiger partial charge in [0, 0.05) is 0 Å². The van der Waals surface area contributed by atoms with E-state index < -0.39 is 24.5 Å². The molecule has 0 radical (unpaired) electrons. The van der Waals surface area contributed by atoms with Crippen molar-refractivity contribution >= 4 is 23.6 Å². The zero-order valence-corrected chi connectivity index (χ0v) is 11.7. The topological polar surface area (TPSA) is 119 Å². The predicted molar refractivity (Wildman–Crippen MR) is 67.8 cm³/mol. The minimum absolute atomic E-state index is 0.0561.